The molecule has 14 atom stereocenters. The molecule has 0 aromatic rings. The van der Waals surface area contributed by atoms with Crippen molar-refractivity contribution in [1.29, 1.82) is 0 Å². The molecule has 0 bridgehead atoms. The molecule has 8 fully saturated rings. The Balaban J connectivity index is 1.03. The van der Waals surface area contributed by atoms with Gasteiger partial charge in [-0.1, -0.05) is 55.4 Å². The van der Waals surface area contributed by atoms with Crippen molar-refractivity contribution in [1.82, 2.24) is 4.90 Å². The Morgan fingerprint density at radius 2 is 1.71 bits per heavy atom. The van der Waals surface area contributed by atoms with Crippen LogP contribution in [0.25, 0.3) is 0 Å². The molecule has 0 aromatic carbocycles. The van der Waals surface area contributed by atoms with Crippen LogP contribution in [0.1, 0.15) is 114 Å². The lowest BCUT2D eigenvalue weighted by Gasteiger charge is -2.64. The molecule has 8 heteroatoms. The molecule has 0 radical (unpaired) electrons. The maximum atomic E-state index is 12.6. The van der Waals surface area contributed by atoms with Crippen LogP contribution in [0.2, 0.25) is 0 Å². The first kappa shape index (κ1) is 34.3. The summed E-state index contributed by atoms with van der Waals surface area (Å²) in [6.45, 7) is 24.5. The Hall–Kier alpha value is -0.770. The van der Waals surface area contributed by atoms with Crippen molar-refractivity contribution in [2.24, 2.45) is 56.2 Å². The number of carbonyl (C=O) groups is 1. The van der Waals surface area contributed by atoms with Gasteiger partial charge in [0, 0.05) is 24.3 Å². The molecule has 5 aliphatic carbocycles. The molecule has 5 unspecified atom stereocenters. The van der Waals surface area contributed by atoms with Crippen LogP contribution >= 0.6 is 0 Å². The zero-order valence-electron chi connectivity index (χ0n) is 31.4. The number of nitrogens with zero attached hydrogens (tertiary/aromatic N) is 1. The third kappa shape index (κ3) is 4.56. The second-order valence-electron chi connectivity index (χ2n) is 20.1. The van der Waals surface area contributed by atoms with Gasteiger partial charge in [-0.05, 0) is 96.7 Å². The van der Waals surface area contributed by atoms with Gasteiger partial charge in [-0.3, -0.25) is 9.69 Å². The van der Waals surface area contributed by atoms with E-state index in [1.54, 1.807) is 0 Å². The molecule has 8 nitrogen and oxygen atoms in total. The van der Waals surface area contributed by atoms with Crippen LogP contribution < -0.4 is 0 Å². The summed E-state index contributed by atoms with van der Waals surface area (Å²) in [6.07, 6.45) is 8.09. The lowest BCUT2D eigenvalue weighted by molar-refractivity contribution is -0.256. The molecule has 2 spiro atoms. The van der Waals surface area contributed by atoms with Crippen LogP contribution in [-0.4, -0.2) is 91.7 Å². The fraction of sp³-hybridized carbons (Fsp3) is 0.975. The van der Waals surface area contributed by atoms with Crippen LogP contribution in [0, 0.1) is 56.2 Å². The van der Waals surface area contributed by atoms with Crippen molar-refractivity contribution in [2.75, 3.05) is 32.9 Å². The second kappa shape index (κ2) is 11.1. The summed E-state index contributed by atoms with van der Waals surface area (Å²) in [7, 11) is 0. The Kier molecular flexibility index (Phi) is 7.95. The zero-order chi connectivity index (χ0) is 34.2. The van der Waals surface area contributed by atoms with Gasteiger partial charge < -0.3 is 28.8 Å². The molecule has 8 aliphatic rings. The second-order valence-corrected chi connectivity index (χ2v) is 20.1. The summed E-state index contributed by atoms with van der Waals surface area (Å²) in [5.74, 6) is 1.55. The summed E-state index contributed by atoms with van der Waals surface area (Å²) in [5, 5.41) is 12.6. The van der Waals surface area contributed by atoms with Gasteiger partial charge in [0.25, 0.3) is 0 Å². The van der Waals surface area contributed by atoms with Crippen molar-refractivity contribution in [3.05, 3.63) is 0 Å². The van der Waals surface area contributed by atoms with E-state index in [-0.39, 0.29) is 58.3 Å². The summed E-state index contributed by atoms with van der Waals surface area (Å²) in [4.78, 5) is 14.7. The molecule has 3 saturated heterocycles. The van der Waals surface area contributed by atoms with E-state index in [4.69, 9.17) is 23.7 Å². The Bertz CT molecular complexity index is 1280. The Labute approximate surface area is 289 Å². The third-order valence-corrected chi connectivity index (χ3v) is 16.8. The summed E-state index contributed by atoms with van der Waals surface area (Å²) in [5.41, 5.74) is 0.279. The van der Waals surface area contributed by atoms with Crippen molar-refractivity contribution in [2.45, 2.75) is 157 Å². The first-order valence-electron chi connectivity index (χ1n) is 19.6. The molecule has 0 aromatic heterocycles. The average molecular weight is 672 g/mol. The average Bonchev–Trinajstić information content (AvgIpc) is 3.61. The van der Waals surface area contributed by atoms with Crippen molar-refractivity contribution < 1.29 is 33.6 Å². The molecule has 8 rings (SSSR count). The number of morpholine rings is 1. The first-order chi connectivity index (χ1) is 22.5. The topological polar surface area (TPSA) is 86.7 Å². The van der Waals surface area contributed by atoms with Crippen LogP contribution in [0.3, 0.4) is 0 Å². The van der Waals surface area contributed by atoms with Gasteiger partial charge >= 0.3 is 5.97 Å². The number of ether oxygens (including phenoxy) is 5. The minimum atomic E-state index is -0.521. The fourth-order valence-electron chi connectivity index (χ4n) is 14.4. The van der Waals surface area contributed by atoms with E-state index in [1.165, 1.54) is 39.0 Å². The van der Waals surface area contributed by atoms with Crippen molar-refractivity contribution >= 4 is 5.97 Å². The van der Waals surface area contributed by atoms with Gasteiger partial charge in [-0.2, -0.15) is 0 Å². The SMILES string of the molecule is CC(=O)OC(C1C[C@@H](C)C2C(O1)[C@H](O)[C@@]1(C)[C@@H]3CC[C@H]4C(C)(C)C(O[C@H]5CN(C6COC6)CCO5)CC[C@@]45C[C@@]35CC[C@]21C)C(C)(C)C. The summed E-state index contributed by atoms with van der Waals surface area (Å²) in [6, 6.07) is 0.519. The minimum Gasteiger partial charge on any atom is -0.459 e. The lowest BCUT2D eigenvalue weighted by atomic mass is 9.41. The molecule has 0 amide bonds. The number of aliphatic hydroxyl groups excluding tert-OH is 1. The summed E-state index contributed by atoms with van der Waals surface area (Å²) >= 11 is 0. The Morgan fingerprint density at radius 1 is 1.00 bits per heavy atom. The maximum Gasteiger partial charge on any atom is 0.303 e. The molecular weight excluding hydrogens is 606 g/mol. The normalized spacial score (nSPS) is 52.1. The predicted molar refractivity (Wildman–Crippen MR) is 182 cm³/mol. The number of carbonyl (C=O) groups excluding carboxylic acids is 1. The first-order valence-corrected chi connectivity index (χ1v) is 19.6. The minimum absolute atomic E-state index is 0.0121. The van der Waals surface area contributed by atoms with E-state index in [0.717, 1.165) is 52.2 Å². The summed E-state index contributed by atoms with van der Waals surface area (Å²) < 4.78 is 31.6. The number of aliphatic hydroxyl groups is 1. The van der Waals surface area contributed by atoms with Crippen LogP contribution in [0.5, 0.6) is 0 Å². The van der Waals surface area contributed by atoms with E-state index >= 15 is 0 Å². The molecule has 48 heavy (non-hydrogen) atoms. The molecule has 3 aliphatic heterocycles. The number of fused-ring (bicyclic) bond motifs is 4. The van der Waals surface area contributed by atoms with Crippen LogP contribution in [0.4, 0.5) is 0 Å². The molecular formula is C40H65NO7. The maximum absolute atomic E-state index is 12.6. The highest BCUT2D eigenvalue weighted by atomic mass is 16.7. The van der Waals surface area contributed by atoms with E-state index < -0.39 is 6.10 Å². The van der Waals surface area contributed by atoms with Gasteiger partial charge in [0.15, 0.2) is 6.29 Å². The van der Waals surface area contributed by atoms with Gasteiger partial charge in [-0.25, -0.2) is 0 Å². The Morgan fingerprint density at radius 3 is 2.38 bits per heavy atom. The van der Waals surface area contributed by atoms with Gasteiger partial charge in [0.2, 0.25) is 0 Å². The van der Waals surface area contributed by atoms with E-state index in [1.807, 2.05) is 0 Å². The van der Waals surface area contributed by atoms with Crippen molar-refractivity contribution in [3.63, 3.8) is 0 Å². The van der Waals surface area contributed by atoms with E-state index in [9.17, 15) is 9.90 Å². The van der Waals surface area contributed by atoms with Gasteiger partial charge in [0.05, 0.1) is 56.8 Å². The number of esters is 1. The highest BCUT2D eigenvalue weighted by Gasteiger charge is 2.84. The molecule has 272 valence electrons. The van der Waals surface area contributed by atoms with Crippen LogP contribution in [0.15, 0.2) is 0 Å². The van der Waals surface area contributed by atoms with Crippen molar-refractivity contribution in [3.8, 4) is 0 Å². The predicted octanol–water partition coefficient (Wildman–Crippen LogP) is 6.22. The number of rotatable bonds is 5. The molecule has 5 saturated carbocycles. The fourth-order valence-corrected chi connectivity index (χ4v) is 14.4. The number of hydrogen-bond donors (Lipinski definition) is 1. The standard InChI is InChI=1S/C40H65NO7/c1-23-18-26(34(35(3,4)5)46-24(2)42)47-32-31(23)37(8)14-15-40-22-39(40)13-12-29(48-30-19-41(16-17-45-30)25-20-44-21-25)36(6,7)27(39)10-11-28(40)38(37,9)33(32)43/h23,25-34,43H,10-22H2,1-9H3/t23-,26?,27+,28+,29?,30+,31?,32?,33+,34?,37-,38-,39-,40+/m1/s1. The third-order valence-electron chi connectivity index (χ3n) is 16.8. The monoisotopic (exact) mass is 671 g/mol. The highest BCUT2D eigenvalue weighted by Crippen LogP contribution is 2.89. The zero-order valence-corrected chi connectivity index (χ0v) is 31.4. The highest BCUT2D eigenvalue weighted by molar-refractivity contribution is 5.66. The number of hydrogen-bond acceptors (Lipinski definition) is 8. The van der Waals surface area contributed by atoms with Crippen LogP contribution in [-0.2, 0) is 28.5 Å². The molecule has 1 N–H and O–H groups in total. The van der Waals surface area contributed by atoms with Gasteiger partial charge in [0.1, 0.15) is 6.10 Å². The molecule has 3 heterocycles. The van der Waals surface area contributed by atoms with E-state index in [0.29, 0.717) is 40.5 Å². The van der Waals surface area contributed by atoms with E-state index in [2.05, 4.69) is 60.3 Å². The largest absolute Gasteiger partial charge is 0.459 e. The lowest BCUT2D eigenvalue weighted by Crippen LogP contribution is -2.60. The smallest absolute Gasteiger partial charge is 0.303 e. The quantitative estimate of drug-likeness (QED) is 0.345. The van der Waals surface area contributed by atoms with Gasteiger partial charge in [-0.15, -0.1) is 0 Å².